The fourth-order valence-corrected chi connectivity index (χ4v) is 13.4. The van der Waals surface area contributed by atoms with Gasteiger partial charge >= 0.3 is 0 Å². The molecule has 3 heterocycles. The zero-order valence-corrected chi connectivity index (χ0v) is 33.8. The van der Waals surface area contributed by atoms with Crippen LogP contribution < -0.4 is 4.90 Å². The first-order valence-electron chi connectivity index (χ1n) is 19.8. The summed E-state index contributed by atoms with van der Waals surface area (Å²) in [5, 5.41) is 7.76. The summed E-state index contributed by atoms with van der Waals surface area (Å²) in [5.74, 6) is 0. The van der Waals surface area contributed by atoms with Gasteiger partial charge < -0.3 is 9.47 Å². The van der Waals surface area contributed by atoms with E-state index in [0.29, 0.717) is 0 Å². The van der Waals surface area contributed by atoms with E-state index in [1.165, 1.54) is 90.5 Å². The Hall–Kier alpha value is -6.59. The van der Waals surface area contributed by atoms with Crippen molar-refractivity contribution in [2.24, 2.45) is 0 Å². The van der Waals surface area contributed by atoms with Crippen LogP contribution in [0.1, 0.15) is 0 Å². The van der Waals surface area contributed by atoms with E-state index in [0.717, 1.165) is 17.1 Å². The van der Waals surface area contributed by atoms with Gasteiger partial charge in [0.2, 0.25) is 0 Å². The van der Waals surface area contributed by atoms with Crippen molar-refractivity contribution < 1.29 is 0 Å². The lowest BCUT2D eigenvalue weighted by molar-refractivity contribution is 1.17. The van der Waals surface area contributed by atoms with Gasteiger partial charge in [0.1, 0.15) is 0 Å². The second-order valence-corrected chi connectivity index (χ2v) is 20.3. The molecule has 2 aromatic heterocycles. The maximum absolute atomic E-state index is 2.50. The smallest absolute Gasteiger partial charge is 0.0541 e. The number of anilines is 3. The predicted molar refractivity (Wildman–Crippen MR) is 253 cm³/mol. The normalized spacial score (nSPS) is 13.7. The van der Waals surface area contributed by atoms with Crippen LogP contribution in [0, 0.1) is 0 Å². The molecule has 1 aliphatic rings. The Balaban J connectivity index is 1.04. The summed E-state index contributed by atoms with van der Waals surface area (Å²) in [4.78, 5) is 5.39. The van der Waals surface area contributed by atoms with Crippen LogP contribution in [0.4, 0.5) is 17.1 Å². The summed E-state index contributed by atoms with van der Waals surface area (Å²) < 4.78 is 5.16. The molecule has 0 unspecified atom stereocenters. The van der Waals surface area contributed by atoms with Gasteiger partial charge in [-0.3, -0.25) is 0 Å². The fourth-order valence-electron chi connectivity index (χ4n) is 9.54. The topological polar surface area (TPSA) is 8.17 Å². The Bertz CT molecular complexity index is 3380. The molecule has 12 rings (SSSR count). The highest BCUT2D eigenvalue weighted by molar-refractivity contribution is 8.33. The molecule has 0 bridgehead atoms. The third-order valence-electron chi connectivity index (χ3n) is 12.3. The van der Waals surface area contributed by atoms with Gasteiger partial charge in [0.25, 0.3) is 0 Å². The number of para-hydroxylation sites is 2. The van der Waals surface area contributed by atoms with Gasteiger partial charge in [0.15, 0.2) is 0 Å². The zero-order valence-electron chi connectivity index (χ0n) is 32.2. The van der Waals surface area contributed by atoms with Crippen LogP contribution in [0.3, 0.4) is 0 Å². The SMILES string of the molecule is CS1(C)c2cc(N(c3ccc(-n4c5ccccc5c5ccccc54)cc3)c3cccc(-c4cccc5ccccc45)c3)ccc2-c2c1ccc1c2sc2ccccc21. The van der Waals surface area contributed by atoms with Crippen LogP contribution in [0.2, 0.25) is 0 Å². The Morgan fingerprint density at radius 1 is 0.448 bits per heavy atom. The number of benzene rings is 9. The summed E-state index contributed by atoms with van der Waals surface area (Å²) in [6, 6.07) is 71.9. The summed E-state index contributed by atoms with van der Waals surface area (Å²) in [6.45, 7) is 0. The van der Waals surface area contributed by atoms with E-state index in [9.17, 15) is 0 Å². The van der Waals surface area contributed by atoms with E-state index in [1.54, 1.807) is 0 Å². The van der Waals surface area contributed by atoms with E-state index < -0.39 is 10.0 Å². The predicted octanol–water partition coefficient (Wildman–Crippen LogP) is 15.9. The molecule has 58 heavy (non-hydrogen) atoms. The Kier molecular flexibility index (Phi) is 7.35. The van der Waals surface area contributed by atoms with Crippen LogP contribution >= 0.6 is 21.4 Å². The molecule has 0 radical (unpaired) electrons. The van der Waals surface area contributed by atoms with Crippen LogP contribution in [0.5, 0.6) is 0 Å². The molecule has 0 amide bonds. The lowest BCUT2D eigenvalue weighted by Crippen LogP contribution is -2.11. The molecule has 0 saturated carbocycles. The Morgan fingerprint density at radius 2 is 1.09 bits per heavy atom. The standard InChI is InChI=1S/C54H38N2S2/c1-58(2)51-32-31-46-45-20-7-10-24-50(45)57-54(46)53(51)47-30-29-40(34-52(47)58)55(39-16-11-15-36(33-39)42-21-12-14-35-13-3-4-17-41(35)42)37-25-27-38(28-26-37)56-48-22-8-5-18-43(48)44-19-6-9-23-49(44)56/h3-34H,1-2H3. The highest BCUT2D eigenvalue weighted by Gasteiger charge is 2.34. The van der Waals surface area contributed by atoms with Crippen molar-refractivity contribution in [2.75, 3.05) is 17.4 Å². The fraction of sp³-hybridized carbons (Fsp3) is 0.0370. The molecule has 1 aliphatic heterocycles. The Labute approximate surface area is 343 Å². The number of rotatable bonds is 5. The van der Waals surface area contributed by atoms with Gasteiger partial charge in [-0.15, -0.1) is 11.3 Å². The van der Waals surface area contributed by atoms with Crippen molar-refractivity contribution in [3.8, 4) is 27.9 Å². The average molecular weight is 779 g/mol. The molecule has 0 N–H and O–H groups in total. The van der Waals surface area contributed by atoms with Crippen LogP contribution in [-0.2, 0) is 0 Å². The lowest BCUT2D eigenvalue weighted by atomic mass is 9.97. The minimum Gasteiger partial charge on any atom is -0.310 e. The van der Waals surface area contributed by atoms with Gasteiger partial charge in [-0.1, -0.05) is 121 Å². The van der Waals surface area contributed by atoms with E-state index >= 15 is 0 Å². The molecule has 0 aliphatic carbocycles. The molecule has 0 atom stereocenters. The minimum absolute atomic E-state index is 1.12. The lowest BCUT2D eigenvalue weighted by Gasteiger charge is -2.31. The van der Waals surface area contributed by atoms with Crippen LogP contribution in [-0.4, -0.2) is 17.1 Å². The minimum atomic E-state index is -1.29. The summed E-state index contributed by atoms with van der Waals surface area (Å²) >= 11 is 1.94. The molecule has 0 fully saturated rings. The molecule has 9 aromatic carbocycles. The largest absolute Gasteiger partial charge is 0.310 e. The van der Waals surface area contributed by atoms with Gasteiger partial charge in [-0.25, -0.2) is 0 Å². The van der Waals surface area contributed by atoms with Crippen LogP contribution in [0.15, 0.2) is 204 Å². The molecular formula is C54H38N2S2. The molecule has 0 saturated heterocycles. The van der Waals surface area contributed by atoms with Gasteiger partial charge in [0.05, 0.1) is 11.0 Å². The summed E-state index contributed by atoms with van der Waals surface area (Å²) in [6.07, 6.45) is 4.96. The average Bonchev–Trinajstić information content (AvgIpc) is 3.89. The van der Waals surface area contributed by atoms with E-state index in [-0.39, 0.29) is 0 Å². The molecule has 276 valence electrons. The first kappa shape index (κ1) is 33.5. The number of aromatic nitrogens is 1. The molecule has 11 aromatic rings. The second-order valence-electron chi connectivity index (χ2n) is 15.7. The van der Waals surface area contributed by atoms with E-state index in [4.69, 9.17) is 0 Å². The van der Waals surface area contributed by atoms with Gasteiger partial charge in [0, 0.05) is 69.0 Å². The monoisotopic (exact) mass is 778 g/mol. The Morgan fingerprint density at radius 3 is 1.88 bits per heavy atom. The number of hydrogen-bond acceptors (Lipinski definition) is 2. The van der Waals surface area contributed by atoms with Crippen molar-refractivity contribution in [3.05, 3.63) is 194 Å². The van der Waals surface area contributed by atoms with Crippen molar-refractivity contribution in [1.29, 1.82) is 0 Å². The first-order chi connectivity index (χ1) is 28.5. The second kappa shape index (κ2) is 12.7. The number of thiophene rings is 1. The summed E-state index contributed by atoms with van der Waals surface area (Å²) in [7, 11) is -1.29. The van der Waals surface area contributed by atoms with E-state index in [1.807, 2.05) is 11.3 Å². The molecular weight excluding hydrogens is 741 g/mol. The molecule has 0 spiro atoms. The highest BCUT2D eigenvalue weighted by atomic mass is 32.3. The van der Waals surface area contributed by atoms with Gasteiger partial charge in [-0.05, 0) is 113 Å². The van der Waals surface area contributed by atoms with Gasteiger partial charge in [-0.2, -0.15) is 10.0 Å². The quantitative estimate of drug-likeness (QED) is 0.169. The number of nitrogens with zero attached hydrogens (tertiary/aromatic N) is 2. The number of hydrogen-bond donors (Lipinski definition) is 0. The highest BCUT2D eigenvalue weighted by Crippen LogP contribution is 2.69. The third-order valence-corrected chi connectivity index (χ3v) is 16.3. The van der Waals surface area contributed by atoms with Crippen molar-refractivity contribution >= 4 is 91.2 Å². The van der Waals surface area contributed by atoms with Crippen molar-refractivity contribution in [2.45, 2.75) is 9.79 Å². The third kappa shape index (κ3) is 4.92. The zero-order chi connectivity index (χ0) is 38.5. The maximum atomic E-state index is 2.50. The number of fused-ring (bicyclic) bond motifs is 11. The first-order valence-corrected chi connectivity index (χ1v) is 23.1. The van der Waals surface area contributed by atoms with E-state index in [2.05, 4.69) is 216 Å². The van der Waals surface area contributed by atoms with Crippen molar-refractivity contribution in [1.82, 2.24) is 4.57 Å². The van der Waals surface area contributed by atoms with Crippen LogP contribution in [0.25, 0.3) is 80.7 Å². The summed E-state index contributed by atoms with van der Waals surface area (Å²) in [5.41, 5.74) is 12.2. The maximum Gasteiger partial charge on any atom is 0.0541 e. The molecule has 2 nitrogen and oxygen atoms in total. The molecule has 4 heteroatoms. The van der Waals surface area contributed by atoms with Crippen molar-refractivity contribution in [3.63, 3.8) is 0 Å².